The molecule has 8 atom stereocenters. The first kappa shape index (κ1) is 31.6. The molecule has 1 heterocycles. The van der Waals surface area contributed by atoms with E-state index in [2.05, 4.69) is 32.2 Å². The van der Waals surface area contributed by atoms with Gasteiger partial charge in [0.15, 0.2) is 0 Å². The van der Waals surface area contributed by atoms with Gasteiger partial charge < -0.3 is 20.4 Å². The largest absolute Gasteiger partial charge is 0.394 e. The van der Waals surface area contributed by atoms with Crippen LogP contribution in [0.3, 0.4) is 0 Å². The molecule has 2 aromatic rings. The van der Waals surface area contributed by atoms with Crippen LogP contribution in [-0.2, 0) is 16.2 Å². The number of aliphatic hydroxyl groups excluding tert-OH is 2. The van der Waals surface area contributed by atoms with E-state index in [0.29, 0.717) is 48.4 Å². The minimum atomic E-state index is -0.835. The highest BCUT2D eigenvalue weighted by atomic mass is 16.7. The summed E-state index contributed by atoms with van der Waals surface area (Å²) in [5.41, 5.74) is 3.89. The first-order valence-corrected chi connectivity index (χ1v) is 16.0. The summed E-state index contributed by atoms with van der Waals surface area (Å²) < 4.78 is 0. The molecule has 2 amide bonds. The Balaban J connectivity index is 1.33. The quantitative estimate of drug-likeness (QED) is 0.376. The molecule has 3 N–H and O–H groups in total. The van der Waals surface area contributed by atoms with Gasteiger partial charge >= 0.3 is 0 Å². The lowest BCUT2D eigenvalue weighted by Gasteiger charge is -2.62. The number of nitrogens with one attached hydrogen (secondary N) is 1. The fraction of sp³-hybridized carbons (Fsp3) is 0.600. The van der Waals surface area contributed by atoms with Crippen LogP contribution in [0.15, 0.2) is 48.5 Å². The molecule has 8 heteroatoms. The molecule has 4 aliphatic rings. The molecule has 3 saturated carbocycles. The van der Waals surface area contributed by atoms with E-state index in [1.54, 1.807) is 16.9 Å². The summed E-state index contributed by atoms with van der Waals surface area (Å²) in [4.78, 5) is 34.6. The fourth-order valence-electron chi connectivity index (χ4n) is 8.01. The van der Waals surface area contributed by atoms with E-state index in [1.165, 1.54) is 6.42 Å². The smallest absolute Gasteiger partial charge is 0.253 e. The molecular weight excluding hydrogens is 542 g/mol. The van der Waals surface area contributed by atoms with E-state index >= 15 is 0 Å². The monoisotopic (exact) mass is 591 g/mol. The maximum Gasteiger partial charge on any atom is 0.253 e. The van der Waals surface area contributed by atoms with E-state index in [0.717, 1.165) is 23.1 Å². The van der Waals surface area contributed by atoms with Gasteiger partial charge in [-0.25, -0.2) is 0 Å². The molecule has 0 spiro atoms. The average Bonchev–Trinajstić information content (AvgIpc) is 3.37. The summed E-state index contributed by atoms with van der Waals surface area (Å²) in [5.74, 6) is 0.896. The topological polar surface area (TPSA) is 102 Å². The van der Waals surface area contributed by atoms with Crippen molar-refractivity contribution in [3.63, 3.8) is 0 Å². The SMILES string of the molecule is CCN(CC)C(=O)c1ccc(-c2cccc(CN3O[C@@H](CO)[C@@H]([C@H](C)O)[C@H]3C(=O)N[C@H]3C[C@H]4C[C@@H]([C@@H]3C)C4(C)C)c2)cc1. The van der Waals surface area contributed by atoms with Crippen molar-refractivity contribution >= 4 is 11.8 Å². The predicted octanol–water partition coefficient (Wildman–Crippen LogP) is 4.50. The lowest BCUT2D eigenvalue weighted by atomic mass is 9.45. The number of benzene rings is 2. The molecule has 3 aliphatic carbocycles. The Bertz CT molecular complexity index is 1290. The highest BCUT2D eigenvalue weighted by Gasteiger charge is 2.57. The zero-order chi connectivity index (χ0) is 31.1. The van der Waals surface area contributed by atoms with Crippen molar-refractivity contribution in [1.82, 2.24) is 15.3 Å². The Morgan fingerprint density at radius 1 is 1.09 bits per heavy atom. The molecule has 234 valence electrons. The highest BCUT2D eigenvalue weighted by Crippen LogP contribution is 2.61. The number of nitrogens with zero attached hydrogens (tertiary/aromatic N) is 2. The molecule has 2 aromatic carbocycles. The van der Waals surface area contributed by atoms with Gasteiger partial charge in [-0.2, -0.15) is 5.06 Å². The summed E-state index contributed by atoms with van der Waals surface area (Å²) in [7, 11) is 0. The van der Waals surface area contributed by atoms with Crippen LogP contribution in [0.2, 0.25) is 0 Å². The van der Waals surface area contributed by atoms with Gasteiger partial charge in [-0.3, -0.25) is 14.4 Å². The highest BCUT2D eigenvalue weighted by molar-refractivity contribution is 5.94. The van der Waals surface area contributed by atoms with E-state index in [4.69, 9.17) is 4.84 Å². The summed E-state index contributed by atoms with van der Waals surface area (Å²) in [6, 6.07) is 15.0. The molecule has 8 nitrogen and oxygen atoms in total. The van der Waals surface area contributed by atoms with Gasteiger partial charge in [0.05, 0.1) is 19.3 Å². The minimum Gasteiger partial charge on any atom is -0.394 e. The van der Waals surface area contributed by atoms with Crippen LogP contribution in [0.25, 0.3) is 11.1 Å². The number of carbonyl (C=O) groups is 2. The first-order chi connectivity index (χ1) is 20.5. The number of rotatable bonds is 10. The average molecular weight is 592 g/mol. The molecule has 43 heavy (non-hydrogen) atoms. The maximum absolute atomic E-state index is 13.9. The third kappa shape index (κ3) is 5.99. The van der Waals surface area contributed by atoms with E-state index in [1.807, 2.05) is 56.3 Å². The maximum atomic E-state index is 13.9. The van der Waals surface area contributed by atoms with Crippen molar-refractivity contribution in [2.75, 3.05) is 19.7 Å². The Hall–Kier alpha value is -2.78. The standard InChI is InChI=1S/C35H49N3O5/c1-7-37(8-2)34(42)25-14-12-24(13-15-25)26-11-9-10-23(16-26)19-38-32(31(22(4)40)30(20-39)43-38)33(41)36-29-18-27-17-28(21(29)3)35(27,5)6/h9-16,21-22,27-32,39-40H,7-8,17-20H2,1-6H3,(H,36,41)/t21-,22-,27+,28-,29-,30-,31+,32-/m0/s1. The molecule has 0 aromatic heterocycles. The molecule has 2 bridgehead atoms. The van der Waals surface area contributed by atoms with Gasteiger partial charge in [-0.05, 0) is 91.7 Å². The summed E-state index contributed by atoms with van der Waals surface area (Å²) >= 11 is 0. The van der Waals surface area contributed by atoms with Crippen LogP contribution < -0.4 is 5.32 Å². The van der Waals surface area contributed by atoms with Crippen LogP contribution >= 0.6 is 0 Å². The number of fused-ring (bicyclic) bond motifs is 2. The van der Waals surface area contributed by atoms with Gasteiger partial charge in [0.2, 0.25) is 5.91 Å². The zero-order valence-corrected chi connectivity index (χ0v) is 26.5. The summed E-state index contributed by atoms with van der Waals surface area (Å²) in [5, 5.41) is 25.8. The van der Waals surface area contributed by atoms with Crippen molar-refractivity contribution < 1.29 is 24.6 Å². The third-order valence-corrected chi connectivity index (χ3v) is 10.8. The van der Waals surface area contributed by atoms with Crippen LogP contribution in [0, 0.1) is 29.1 Å². The lowest BCUT2D eigenvalue weighted by molar-refractivity contribution is -0.183. The number of aliphatic hydroxyl groups is 2. The van der Waals surface area contributed by atoms with E-state index in [9.17, 15) is 19.8 Å². The second-order valence-electron chi connectivity index (χ2n) is 13.5. The van der Waals surface area contributed by atoms with Gasteiger partial charge in [0.25, 0.3) is 5.91 Å². The lowest BCUT2D eigenvalue weighted by Crippen LogP contribution is -2.62. The van der Waals surface area contributed by atoms with Gasteiger partial charge in [-0.1, -0.05) is 51.1 Å². The number of amides is 2. The van der Waals surface area contributed by atoms with Crippen LogP contribution in [0.4, 0.5) is 0 Å². The molecule has 0 radical (unpaired) electrons. The van der Waals surface area contributed by atoms with Crippen LogP contribution in [-0.4, -0.2) is 76.0 Å². The van der Waals surface area contributed by atoms with E-state index < -0.39 is 24.2 Å². The second kappa shape index (κ2) is 12.7. The van der Waals surface area contributed by atoms with Crippen molar-refractivity contribution in [2.24, 2.45) is 29.1 Å². The first-order valence-electron chi connectivity index (χ1n) is 16.0. The van der Waals surface area contributed by atoms with E-state index in [-0.39, 0.29) is 24.5 Å². The zero-order valence-electron chi connectivity index (χ0n) is 26.5. The number of hydrogen-bond donors (Lipinski definition) is 3. The number of hydroxylamine groups is 2. The van der Waals surface area contributed by atoms with Crippen molar-refractivity contribution in [3.05, 3.63) is 59.7 Å². The van der Waals surface area contributed by atoms with Crippen LogP contribution in [0.5, 0.6) is 0 Å². The second-order valence-corrected chi connectivity index (χ2v) is 13.5. The number of hydrogen-bond acceptors (Lipinski definition) is 6. The molecule has 1 saturated heterocycles. The van der Waals surface area contributed by atoms with Crippen LogP contribution in [0.1, 0.15) is 70.3 Å². The molecule has 4 fully saturated rings. The molecule has 6 rings (SSSR count). The van der Waals surface area contributed by atoms with Crippen molar-refractivity contribution in [3.8, 4) is 11.1 Å². The summed E-state index contributed by atoms with van der Waals surface area (Å²) in [6.45, 7) is 13.9. The summed E-state index contributed by atoms with van der Waals surface area (Å²) in [6.07, 6.45) is 0.686. The van der Waals surface area contributed by atoms with Gasteiger partial charge in [0.1, 0.15) is 12.1 Å². The Labute approximate surface area is 256 Å². The predicted molar refractivity (Wildman–Crippen MR) is 167 cm³/mol. The Morgan fingerprint density at radius 2 is 1.79 bits per heavy atom. The minimum absolute atomic E-state index is 0.0234. The van der Waals surface area contributed by atoms with Gasteiger partial charge in [0, 0.05) is 30.6 Å². The fourth-order valence-corrected chi connectivity index (χ4v) is 8.01. The normalized spacial score (nSPS) is 30.4. The molecular formula is C35H49N3O5. The molecule has 0 unspecified atom stereocenters. The van der Waals surface area contributed by atoms with Crippen molar-refractivity contribution in [1.29, 1.82) is 0 Å². The van der Waals surface area contributed by atoms with Gasteiger partial charge in [-0.15, -0.1) is 0 Å². The molecule has 1 aliphatic heterocycles. The number of carbonyl (C=O) groups excluding carboxylic acids is 2. The Morgan fingerprint density at radius 3 is 2.37 bits per heavy atom. The third-order valence-electron chi connectivity index (χ3n) is 10.8. The van der Waals surface area contributed by atoms with Crippen molar-refractivity contribution in [2.45, 2.75) is 85.2 Å². The Kier molecular flexibility index (Phi) is 9.33.